The number of aromatic nitrogens is 2. The fraction of sp³-hybridized carbons (Fsp3) is 0.700. The van der Waals surface area contributed by atoms with Gasteiger partial charge in [-0.25, -0.2) is 0 Å². The van der Waals surface area contributed by atoms with Gasteiger partial charge in [0.05, 0.1) is 24.5 Å². The van der Waals surface area contributed by atoms with Crippen molar-refractivity contribution < 1.29 is 4.74 Å². The van der Waals surface area contributed by atoms with E-state index in [-0.39, 0.29) is 0 Å². The van der Waals surface area contributed by atoms with E-state index in [0.717, 1.165) is 38.5 Å². The van der Waals surface area contributed by atoms with Crippen molar-refractivity contribution in [3.8, 4) is 0 Å². The minimum absolute atomic E-state index is 0.813. The van der Waals surface area contributed by atoms with Gasteiger partial charge in [-0.15, -0.1) is 0 Å². The fourth-order valence-corrected chi connectivity index (χ4v) is 1.88. The zero-order valence-electron chi connectivity index (χ0n) is 8.86. The molecule has 0 N–H and O–H groups in total. The maximum absolute atomic E-state index is 5.07. The van der Waals surface area contributed by atoms with Crippen molar-refractivity contribution in [1.82, 2.24) is 14.7 Å². The first-order valence-corrected chi connectivity index (χ1v) is 5.04. The first-order valence-electron chi connectivity index (χ1n) is 5.04. The quantitative estimate of drug-likeness (QED) is 0.709. The van der Waals surface area contributed by atoms with E-state index >= 15 is 0 Å². The van der Waals surface area contributed by atoms with Gasteiger partial charge in [0, 0.05) is 26.7 Å². The average molecular weight is 195 g/mol. The lowest BCUT2D eigenvalue weighted by Gasteiger charge is -2.26. The highest BCUT2D eigenvalue weighted by molar-refractivity contribution is 5.10. The highest BCUT2D eigenvalue weighted by Gasteiger charge is 2.16. The Morgan fingerprint density at radius 2 is 2.36 bits per heavy atom. The minimum atomic E-state index is 0.813. The molecule has 0 amide bonds. The van der Waals surface area contributed by atoms with Crippen molar-refractivity contribution in [2.75, 3.05) is 26.8 Å². The Morgan fingerprint density at radius 3 is 3.14 bits per heavy atom. The molecule has 0 radical (unpaired) electrons. The summed E-state index contributed by atoms with van der Waals surface area (Å²) in [6, 6.07) is 2.17. The number of methoxy groups -OCH3 is 1. The third kappa shape index (κ3) is 1.96. The van der Waals surface area contributed by atoms with E-state index in [0.29, 0.717) is 0 Å². The summed E-state index contributed by atoms with van der Waals surface area (Å²) in [7, 11) is 1.75. The van der Waals surface area contributed by atoms with Crippen molar-refractivity contribution >= 4 is 0 Å². The number of rotatable bonds is 3. The molecule has 0 bridgehead atoms. The zero-order valence-corrected chi connectivity index (χ0v) is 8.86. The number of aryl methyl sites for hydroxylation is 1. The number of hydrogen-bond acceptors (Lipinski definition) is 3. The van der Waals surface area contributed by atoms with Crippen LogP contribution in [0.3, 0.4) is 0 Å². The Kier molecular flexibility index (Phi) is 2.84. The fourth-order valence-electron chi connectivity index (χ4n) is 1.88. The van der Waals surface area contributed by atoms with Crippen LogP contribution in [0.25, 0.3) is 0 Å². The first kappa shape index (κ1) is 9.68. The maximum Gasteiger partial charge on any atom is 0.0597 e. The Morgan fingerprint density at radius 1 is 1.50 bits per heavy atom. The Bertz CT molecular complexity index is 308. The van der Waals surface area contributed by atoms with Crippen molar-refractivity contribution in [1.29, 1.82) is 0 Å². The summed E-state index contributed by atoms with van der Waals surface area (Å²) in [5, 5.41) is 4.42. The van der Waals surface area contributed by atoms with Crippen molar-refractivity contribution in [2.45, 2.75) is 20.0 Å². The van der Waals surface area contributed by atoms with E-state index in [1.807, 2.05) is 6.92 Å². The van der Waals surface area contributed by atoms with Crippen LogP contribution in [0.4, 0.5) is 0 Å². The third-order valence-corrected chi connectivity index (χ3v) is 2.61. The third-order valence-electron chi connectivity index (χ3n) is 2.61. The molecule has 2 rings (SSSR count). The zero-order chi connectivity index (χ0) is 9.97. The van der Waals surface area contributed by atoms with E-state index < -0.39 is 0 Å². The molecule has 0 aliphatic carbocycles. The molecule has 0 saturated heterocycles. The molecular formula is C10H17N3O. The van der Waals surface area contributed by atoms with Crippen LogP contribution in [0.2, 0.25) is 0 Å². The molecule has 1 aliphatic rings. The number of fused-ring (bicyclic) bond motifs is 1. The average Bonchev–Trinajstić information content (AvgIpc) is 2.54. The molecule has 0 spiro atoms. The Labute approximate surface area is 84.5 Å². The van der Waals surface area contributed by atoms with Crippen LogP contribution >= 0.6 is 0 Å². The van der Waals surface area contributed by atoms with Gasteiger partial charge in [-0.2, -0.15) is 5.10 Å². The Balaban J connectivity index is 1.98. The first-order chi connectivity index (χ1) is 6.79. The van der Waals surface area contributed by atoms with E-state index in [1.165, 1.54) is 5.69 Å². The lowest BCUT2D eigenvalue weighted by atomic mass is 10.3. The van der Waals surface area contributed by atoms with Crippen LogP contribution in [0, 0.1) is 6.92 Å². The Hall–Kier alpha value is -0.870. The highest BCUT2D eigenvalue weighted by atomic mass is 16.5. The second kappa shape index (κ2) is 4.11. The van der Waals surface area contributed by atoms with Gasteiger partial charge < -0.3 is 4.74 Å². The van der Waals surface area contributed by atoms with Crippen LogP contribution in [0.1, 0.15) is 11.4 Å². The summed E-state index contributed by atoms with van der Waals surface area (Å²) >= 11 is 0. The van der Waals surface area contributed by atoms with Gasteiger partial charge in [-0.1, -0.05) is 0 Å². The monoisotopic (exact) mass is 195 g/mol. The van der Waals surface area contributed by atoms with Crippen molar-refractivity contribution in [3.63, 3.8) is 0 Å². The maximum atomic E-state index is 5.07. The molecule has 1 aliphatic heterocycles. The normalized spacial score (nSPS) is 17.0. The minimum Gasteiger partial charge on any atom is -0.383 e. The molecule has 0 fully saturated rings. The summed E-state index contributed by atoms with van der Waals surface area (Å²) in [6.45, 7) is 6.97. The van der Waals surface area contributed by atoms with Gasteiger partial charge in [-0.3, -0.25) is 9.58 Å². The molecule has 4 nitrogen and oxygen atoms in total. The second-order valence-electron chi connectivity index (χ2n) is 3.77. The summed E-state index contributed by atoms with van der Waals surface area (Å²) in [5.74, 6) is 0. The van der Waals surface area contributed by atoms with E-state index in [9.17, 15) is 0 Å². The van der Waals surface area contributed by atoms with Gasteiger partial charge >= 0.3 is 0 Å². The van der Waals surface area contributed by atoms with Gasteiger partial charge in [0.2, 0.25) is 0 Å². The SMILES string of the molecule is COCCN1CCn2nc(C)cc2C1. The second-order valence-corrected chi connectivity index (χ2v) is 3.77. The van der Waals surface area contributed by atoms with Crippen molar-refractivity contribution in [2.24, 2.45) is 0 Å². The molecule has 0 atom stereocenters. The molecule has 4 heteroatoms. The van der Waals surface area contributed by atoms with E-state index in [1.54, 1.807) is 7.11 Å². The molecule has 0 aromatic carbocycles. The largest absolute Gasteiger partial charge is 0.383 e. The smallest absolute Gasteiger partial charge is 0.0597 e. The predicted octanol–water partition coefficient (Wildman–Crippen LogP) is 0.654. The van der Waals surface area contributed by atoms with Crippen LogP contribution in [-0.2, 0) is 17.8 Å². The molecular weight excluding hydrogens is 178 g/mol. The molecule has 78 valence electrons. The summed E-state index contributed by atoms with van der Waals surface area (Å²) in [6.07, 6.45) is 0. The number of nitrogens with zero attached hydrogens (tertiary/aromatic N) is 3. The number of ether oxygens (including phenoxy) is 1. The summed E-state index contributed by atoms with van der Waals surface area (Å²) < 4.78 is 7.18. The molecule has 1 aromatic rings. The van der Waals surface area contributed by atoms with Crippen LogP contribution < -0.4 is 0 Å². The molecule has 0 unspecified atom stereocenters. The molecule has 0 saturated carbocycles. The highest BCUT2D eigenvalue weighted by Crippen LogP contribution is 2.12. The van der Waals surface area contributed by atoms with Crippen LogP contribution in [-0.4, -0.2) is 41.5 Å². The topological polar surface area (TPSA) is 30.3 Å². The van der Waals surface area contributed by atoms with Gasteiger partial charge in [0.1, 0.15) is 0 Å². The van der Waals surface area contributed by atoms with Crippen LogP contribution in [0.15, 0.2) is 6.07 Å². The molecule has 14 heavy (non-hydrogen) atoms. The lowest BCUT2D eigenvalue weighted by molar-refractivity contribution is 0.129. The molecule has 2 heterocycles. The van der Waals surface area contributed by atoms with E-state index in [4.69, 9.17) is 4.74 Å². The summed E-state index contributed by atoms with van der Waals surface area (Å²) in [4.78, 5) is 2.40. The number of hydrogen-bond donors (Lipinski definition) is 0. The van der Waals surface area contributed by atoms with Gasteiger partial charge in [0.15, 0.2) is 0 Å². The molecule has 1 aromatic heterocycles. The summed E-state index contributed by atoms with van der Waals surface area (Å²) in [5.41, 5.74) is 2.44. The predicted molar refractivity (Wildman–Crippen MR) is 54.1 cm³/mol. The van der Waals surface area contributed by atoms with Crippen molar-refractivity contribution in [3.05, 3.63) is 17.5 Å². The van der Waals surface area contributed by atoms with Crippen LogP contribution in [0.5, 0.6) is 0 Å². The standard InChI is InChI=1S/C10H17N3O/c1-9-7-10-8-12(5-6-14-2)3-4-13(10)11-9/h7H,3-6,8H2,1-2H3. The van der Waals surface area contributed by atoms with Gasteiger partial charge in [0.25, 0.3) is 0 Å². The lowest BCUT2D eigenvalue weighted by Crippen LogP contribution is -2.35. The van der Waals surface area contributed by atoms with Gasteiger partial charge in [-0.05, 0) is 13.0 Å². The van der Waals surface area contributed by atoms with E-state index in [2.05, 4.69) is 20.7 Å².